The SMILES string of the molecule is c1cc(OC2CCOC2)n[nH]1. The molecule has 4 heteroatoms. The molecule has 1 aromatic heterocycles. The van der Waals surface area contributed by atoms with E-state index in [9.17, 15) is 0 Å². The molecule has 11 heavy (non-hydrogen) atoms. The Labute approximate surface area is 64.5 Å². The van der Waals surface area contributed by atoms with Gasteiger partial charge in [-0.3, -0.25) is 5.10 Å². The average molecular weight is 154 g/mol. The van der Waals surface area contributed by atoms with Crippen molar-refractivity contribution in [2.75, 3.05) is 13.2 Å². The number of hydrogen-bond acceptors (Lipinski definition) is 3. The molecule has 0 aromatic carbocycles. The van der Waals surface area contributed by atoms with E-state index >= 15 is 0 Å². The normalized spacial score (nSPS) is 23.8. The maximum absolute atomic E-state index is 5.45. The summed E-state index contributed by atoms with van der Waals surface area (Å²) in [5, 5.41) is 6.56. The summed E-state index contributed by atoms with van der Waals surface area (Å²) in [7, 11) is 0. The molecular formula is C7H10N2O2. The molecule has 2 rings (SSSR count). The Bertz CT molecular complexity index is 204. The Hall–Kier alpha value is -1.03. The van der Waals surface area contributed by atoms with E-state index < -0.39 is 0 Å². The van der Waals surface area contributed by atoms with Gasteiger partial charge in [-0.05, 0) is 0 Å². The number of aromatic amines is 1. The first kappa shape index (κ1) is 6.67. The van der Waals surface area contributed by atoms with Crippen LogP contribution in [0.4, 0.5) is 0 Å². The Morgan fingerprint density at radius 1 is 1.73 bits per heavy atom. The van der Waals surface area contributed by atoms with Crippen molar-refractivity contribution in [1.29, 1.82) is 0 Å². The lowest BCUT2D eigenvalue weighted by Gasteiger charge is -2.07. The molecule has 2 heterocycles. The van der Waals surface area contributed by atoms with Crippen molar-refractivity contribution >= 4 is 0 Å². The van der Waals surface area contributed by atoms with Crippen LogP contribution in [0.15, 0.2) is 12.3 Å². The van der Waals surface area contributed by atoms with E-state index in [-0.39, 0.29) is 6.10 Å². The fourth-order valence-corrected chi connectivity index (χ4v) is 1.09. The summed E-state index contributed by atoms with van der Waals surface area (Å²) in [6, 6.07) is 1.80. The van der Waals surface area contributed by atoms with E-state index in [1.807, 2.05) is 0 Å². The lowest BCUT2D eigenvalue weighted by atomic mass is 10.3. The fourth-order valence-electron chi connectivity index (χ4n) is 1.09. The van der Waals surface area contributed by atoms with E-state index in [4.69, 9.17) is 9.47 Å². The molecule has 0 radical (unpaired) electrons. The van der Waals surface area contributed by atoms with Crippen molar-refractivity contribution in [3.05, 3.63) is 12.3 Å². The minimum atomic E-state index is 0.193. The maximum atomic E-state index is 5.45. The van der Waals surface area contributed by atoms with Gasteiger partial charge < -0.3 is 9.47 Å². The Balaban J connectivity index is 1.90. The number of rotatable bonds is 2. The highest BCUT2D eigenvalue weighted by atomic mass is 16.5. The van der Waals surface area contributed by atoms with Gasteiger partial charge in [-0.1, -0.05) is 0 Å². The molecule has 1 aliphatic heterocycles. The van der Waals surface area contributed by atoms with E-state index in [0.717, 1.165) is 13.0 Å². The lowest BCUT2D eigenvalue weighted by molar-refractivity contribution is 0.138. The molecule has 4 nitrogen and oxygen atoms in total. The van der Waals surface area contributed by atoms with Crippen molar-refractivity contribution < 1.29 is 9.47 Å². The van der Waals surface area contributed by atoms with Gasteiger partial charge in [0.15, 0.2) is 0 Å². The summed E-state index contributed by atoms with van der Waals surface area (Å²) in [6.45, 7) is 1.49. The van der Waals surface area contributed by atoms with Crippen molar-refractivity contribution in [2.45, 2.75) is 12.5 Å². The molecule has 1 aromatic rings. The van der Waals surface area contributed by atoms with E-state index in [1.165, 1.54) is 0 Å². The standard InChI is InChI=1S/C7H10N2O2/c1-3-8-9-7(1)11-6-2-4-10-5-6/h1,3,6H,2,4-5H2,(H,8,9). The number of H-pyrrole nitrogens is 1. The number of ether oxygens (including phenoxy) is 2. The molecule has 1 unspecified atom stereocenters. The maximum Gasteiger partial charge on any atom is 0.232 e. The molecule has 0 aliphatic carbocycles. The van der Waals surface area contributed by atoms with Crippen molar-refractivity contribution in [1.82, 2.24) is 10.2 Å². The van der Waals surface area contributed by atoms with E-state index in [1.54, 1.807) is 12.3 Å². The molecule has 1 N–H and O–H groups in total. The van der Waals surface area contributed by atoms with Crippen LogP contribution in [0.25, 0.3) is 0 Å². The molecule has 1 saturated heterocycles. The Kier molecular flexibility index (Phi) is 1.77. The summed E-state index contributed by atoms with van der Waals surface area (Å²) in [4.78, 5) is 0. The smallest absolute Gasteiger partial charge is 0.232 e. The quantitative estimate of drug-likeness (QED) is 0.677. The highest BCUT2D eigenvalue weighted by molar-refractivity contribution is 5.04. The largest absolute Gasteiger partial charge is 0.471 e. The third-order valence-electron chi connectivity index (χ3n) is 1.65. The lowest BCUT2D eigenvalue weighted by Crippen LogP contribution is -2.15. The molecule has 0 saturated carbocycles. The number of aromatic nitrogens is 2. The first-order chi connectivity index (χ1) is 5.45. The third kappa shape index (κ3) is 1.51. The van der Waals surface area contributed by atoms with Gasteiger partial charge in [0.2, 0.25) is 5.88 Å². The van der Waals surface area contributed by atoms with Crippen LogP contribution in [0, 0.1) is 0 Å². The first-order valence-corrected chi connectivity index (χ1v) is 3.69. The molecule has 0 amide bonds. The topological polar surface area (TPSA) is 47.1 Å². The van der Waals surface area contributed by atoms with Gasteiger partial charge in [0.25, 0.3) is 0 Å². The average Bonchev–Trinajstić information content (AvgIpc) is 2.60. The van der Waals surface area contributed by atoms with Gasteiger partial charge in [-0.2, -0.15) is 0 Å². The van der Waals surface area contributed by atoms with Crippen LogP contribution < -0.4 is 4.74 Å². The van der Waals surface area contributed by atoms with Gasteiger partial charge in [0.1, 0.15) is 6.10 Å². The molecule has 1 aliphatic rings. The zero-order valence-electron chi connectivity index (χ0n) is 6.12. The van der Waals surface area contributed by atoms with Gasteiger partial charge >= 0.3 is 0 Å². The fraction of sp³-hybridized carbons (Fsp3) is 0.571. The minimum absolute atomic E-state index is 0.193. The number of hydrogen-bond donors (Lipinski definition) is 1. The minimum Gasteiger partial charge on any atom is -0.471 e. The Morgan fingerprint density at radius 2 is 2.73 bits per heavy atom. The second-order valence-corrected chi connectivity index (χ2v) is 2.52. The highest BCUT2D eigenvalue weighted by Gasteiger charge is 2.17. The zero-order chi connectivity index (χ0) is 7.52. The van der Waals surface area contributed by atoms with Crippen LogP contribution in [0.5, 0.6) is 5.88 Å². The number of nitrogens with zero attached hydrogens (tertiary/aromatic N) is 1. The van der Waals surface area contributed by atoms with Crippen LogP contribution in [0.3, 0.4) is 0 Å². The van der Waals surface area contributed by atoms with Crippen molar-refractivity contribution in [3.8, 4) is 5.88 Å². The Morgan fingerprint density at radius 3 is 3.36 bits per heavy atom. The van der Waals surface area contributed by atoms with Crippen molar-refractivity contribution in [2.24, 2.45) is 0 Å². The predicted molar refractivity (Wildman–Crippen MR) is 38.4 cm³/mol. The third-order valence-corrected chi connectivity index (χ3v) is 1.65. The second-order valence-electron chi connectivity index (χ2n) is 2.52. The van der Waals surface area contributed by atoms with E-state index in [2.05, 4.69) is 10.2 Å². The van der Waals surface area contributed by atoms with Gasteiger partial charge in [0, 0.05) is 18.7 Å². The predicted octanol–water partition coefficient (Wildman–Crippen LogP) is 0.577. The molecule has 1 fully saturated rings. The van der Waals surface area contributed by atoms with Crippen LogP contribution in [0.1, 0.15) is 6.42 Å². The summed E-state index contributed by atoms with van der Waals surface area (Å²) in [5.41, 5.74) is 0. The van der Waals surface area contributed by atoms with Crippen molar-refractivity contribution in [3.63, 3.8) is 0 Å². The molecule has 1 atom stereocenters. The van der Waals surface area contributed by atoms with Crippen LogP contribution in [-0.4, -0.2) is 29.5 Å². The van der Waals surface area contributed by atoms with Crippen LogP contribution in [0.2, 0.25) is 0 Å². The summed E-state index contributed by atoms with van der Waals surface area (Å²) in [6.07, 6.45) is 2.90. The summed E-state index contributed by atoms with van der Waals surface area (Å²) in [5.74, 6) is 0.653. The summed E-state index contributed by atoms with van der Waals surface area (Å²) >= 11 is 0. The summed E-state index contributed by atoms with van der Waals surface area (Å²) < 4.78 is 10.6. The monoisotopic (exact) mass is 154 g/mol. The molecule has 0 bridgehead atoms. The molecule has 60 valence electrons. The highest BCUT2D eigenvalue weighted by Crippen LogP contribution is 2.12. The molecule has 0 spiro atoms. The first-order valence-electron chi connectivity index (χ1n) is 3.69. The van der Waals surface area contributed by atoms with Crippen LogP contribution >= 0.6 is 0 Å². The van der Waals surface area contributed by atoms with Gasteiger partial charge in [0.05, 0.1) is 13.2 Å². The number of nitrogens with one attached hydrogen (secondary N) is 1. The van der Waals surface area contributed by atoms with E-state index in [0.29, 0.717) is 12.5 Å². The second kappa shape index (κ2) is 2.92. The van der Waals surface area contributed by atoms with Crippen LogP contribution in [-0.2, 0) is 4.74 Å². The zero-order valence-corrected chi connectivity index (χ0v) is 6.12. The van der Waals surface area contributed by atoms with Gasteiger partial charge in [-0.25, -0.2) is 0 Å². The van der Waals surface area contributed by atoms with Gasteiger partial charge in [-0.15, -0.1) is 5.10 Å². The molecular weight excluding hydrogens is 144 g/mol.